The summed E-state index contributed by atoms with van der Waals surface area (Å²) in [7, 11) is 0. The smallest absolute Gasteiger partial charge is 0.255 e. The van der Waals surface area contributed by atoms with Gasteiger partial charge in [-0.3, -0.25) is 4.79 Å². The number of rotatable bonds is 4. The summed E-state index contributed by atoms with van der Waals surface area (Å²) in [6, 6.07) is 3.26. The molecular formula is C13H18Cl2N2O. The first kappa shape index (κ1) is 15.1. The quantitative estimate of drug-likeness (QED) is 0.856. The van der Waals surface area contributed by atoms with Crippen LogP contribution in [0.4, 0.5) is 5.69 Å². The molecule has 18 heavy (non-hydrogen) atoms. The topological polar surface area (TPSA) is 46.3 Å². The second-order valence-electron chi connectivity index (χ2n) is 4.21. The molecule has 0 fully saturated rings. The van der Waals surface area contributed by atoms with Crippen LogP contribution in [-0.2, 0) is 0 Å². The fourth-order valence-corrected chi connectivity index (χ4v) is 2.21. The van der Waals surface area contributed by atoms with Crippen LogP contribution in [0.5, 0.6) is 0 Å². The van der Waals surface area contributed by atoms with Gasteiger partial charge in [-0.25, -0.2) is 0 Å². The minimum atomic E-state index is -0.133. The molecule has 0 aliphatic heterocycles. The number of amides is 1. The van der Waals surface area contributed by atoms with E-state index >= 15 is 0 Å². The van der Waals surface area contributed by atoms with Gasteiger partial charge in [0.2, 0.25) is 0 Å². The van der Waals surface area contributed by atoms with Gasteiger partial charge in [0.05, 0.1) is 15.6 Å². The van der Waals surface area contributed by atoms with Crippen LogP contribution in [0, 0.1) is 0 Å². The Balaban J connectivity index is 3.17. The molecule has 3 nitrogen and oxygen atoms in total. The molecule has 1 amide bonds. The molecule has 0 aliphatic carbocycles. The Morgan fingerprint density at radius 3 is 2.50 bits per heavy atom. The molecule has 1 aromatic rings. The molecule has 100 valence electrons. The Labute approximate surface area is 118 Å². The number of halogens is 2. The maximum absolute atomic E-state index is 12.4. The molecule has 1 aromatic carbocycles. The molecule has 1 atom stereocenters. The van der Waals surface area contributed by atoms with Crippen molar-refractivity contribution in [3.8, 4) is 0 Å². The highest BCUT2D eigenvalue weighted by molar-refractivity contribution is 6.44. The van der Waals surface area contributed by atoms with Crippen LogP contribution >= 0.6 is 23.2 Å². The van der Waals surface area contributed by atoms with Crippen molar-refractivity contribution < 1.29 is 4.79 Å². The number of carbonyl (C=O) groups is 1. The molecule has 0 heterocycles. The average Bonchev–Trinajstić information content (AvgIpc) is 2.34. The van der Waals surface area contributed by atoms with Gasteiger partial charge >= 0.3 is 0 Å². The molecule has 0 bridgehead atoms. The summed E-state index contributed by atoms with van der Waals surface area (Å²) in [6.45, 7) is 6.60. The van der Waals surface area contributed by atoms with E-state index in [2.05, 4.69) is 0 Å². The Kier molecular flexibility index (Phi) is 5.29. The van der Waals surface area contributed by atoms with Crippen molar-refractivity contribution in [3.05, 3.63) is 27.7 Å². The molecule has 0 spiro atoms. The van der Waals surface area contributed by atoms with E-state index in [0.29, 0.717) is 22.8 Å². The predicted octanol–water partition coefficient (Wildman–Crippen LogP) is 3.84. The van der Waals surface area contributed by atoms with Gasteiger partial charge in [0.1, 0.15) is 0 Å². The first-order valence-electron chi connectivity index (χ1n) is 5.97. The highest BCUT2D eigenvalue weighted by Gasteiger charge is 2.22. The second-order valence-corrected chi connectivity index (χ2v) is 5.00. The van der Waals surface area contributed by atoms with Crippen LogP contribution in [0.25, 0.3) is 0 Å². The molecule has 0 saturated heterocycles. The SMILES string of the molecule is CCC(C)N(CC)C(=O)c1cc(N)cc(Cl)c1Cl. The molecule has 0 aromatic heterocycles. The number of hydrogen-bond donors (Lipinski definition) is 1. The Bertz CT molecular complexity index is 449. The monoisotopic (exact) mass is 288 g/mol. The Morgan fingerprint density at radius 2 is 2.00 bits per heavy atom. The zero-order valence-electron chi connectivity index (χ0n) is 10.8. The van der Waals surface area contributed by atoms with Crippen molar-refractivity contribution in [3.63, 3.8) is 0 Å². The van der Waals surface area contributed by atoms with Gasteiger partial charge in [-0.2, -0.15) is 0 Å². The average molecular weight is 289 g/mol. The number of nitrogens with two attached hydrogens (primary N) is 1. The van der Waals surface area contributed by atoms with Crippen LogP contribution < -0.4 is 5.73 Å². The summed E-state index contributed by atoms with van der Waals surface area (Å²) in [5, 5.41) is 0.567. The van der Waals surface area contributed by atoms with Gasteiger partial charge < -0.3 is 10.6 Å². The first-order chi connectivity index (χ1) is 8.42. The van der Waals surface area contributed by atoms with Crippen LogP contribution in [0.1, 0.15) is 37.6 Å². The second kappa shape index (κ2) is 6.30. The minimum Gasteiger partial charge on any atom is -0.399 e. The van der Waals surface area contributed by atoms with E-state index in [0.717, 1.165) is 6.42 Å². The molecule has 0 radical (unpaired) electrons. The van der Waals surface area contributed by atoms with Crippen molar-refractivity contribution in [2.75, 3.05) is 12.3 Å². The third kappa shape index (κ3) is 3.09. The third-order valence-electron chi connectivity index (χ3n) is 3.01. The fraction of sp³-hybridized carbons (Fsp3) is 0.462. The van der Waals surface area contributed by atoms with Gasteiger partial charge in [-0.15, -0.1) is 0 Å². The van der Waals surface area contributed by atoms with Crippen molar-refractivity contribution in [2.24, 2.45) is 0 Å². The zero-order chi connectivity index (χ0) is 13.9. The van der Waals surface area contributed by atoms with Gasteiger partial charge in [-0.1, -0.05) is 30.1 Å². The van der Waals surface area contributed by atoms with Crippen LogP contribution in [-0.4, -0.2) is 23.4 Å². The third-order valence-corrected chi connectivity index (χ3v) is 3.81. The lowest BCUT2D eigenvalue weighted by Crippen LogP contribution is -2.38. The molecule has 1 rings (SSSR count). The lowest BCUT2D eigenvalue weighted by atomic mass is 10.1. The maximum atomic E-state index is 12.4. The van der Waals surface area contributed by atoms with Gasteiger partial charge in [0.15, 0.2) is 0 Å². The summed E-state index contributed by atoms with van der Waals surface area (Å²) in [5.41, 5.74) is 6.51. The van der Waals surface area contributed by atoms with Crippen molar-refractivity contribution in [1.82, 2.24) is 4.90 Å². The van der Waals surface area contributed by atoms with Crippen molar-refractivity contribution in [1.29, 1.82) is 0 Å². The summed E-state index contributed by atoms with van der Waals surface area (Å²) >= 11 is 12.0. The highest BCUT2D eigenvalue weighted by atomic mass is 35.5. The number of anilines is 1. The van der Waals surface area contributed by atoms with Crippen molar-refractivity contribution in [2.45, 2.75) is 33.2 Å². The molecule has 1 unspecified atom stereocenters. The summed E-state index contributed by atoms with van der Waals surface area (Å²) in [4.78, 5) is 14.2. The minimum absolute atomic E-state index is 0.133. The van der Waals surface area contributed by atoms with E-state index in [4.69, 9.17) is 28.9 Å². The maximum Gasteiger partial charge on any atom is 0.255 e. The van der Waals surface area contributed by atoms with Gasteiger partial charge in [0.25, 0.3) is 5.91 Å². The van der Waals surface area contributed by atoms with E-state index in [1.165, 1.54) is 0 Å². The molecule has 0 aliphatic rings. The van der Waals surface area contributed by atoms with Crippen LogP contribution in [0.2, 0.25) is 10.0 Å². The fourth-order valence-electron chi connectivity index (χ4n) is 1.80. The van der Waals surface area contributed by atoms with Gasteiger partial charge in [-0.05, 0) is 32.4 Å². The largest absolute Gasteiger partial charge is 0.399 e. The highest BCUT2D eigenvalue weighted by Crippen LogP contribution is 2.30. The van der Waals surface area contributed by atoms with Crippen LogP contribution in [0.3, 0.4) is 0 Å². The molecule has 2 N–H and O–H groups in total. The molecule has 0 saturated carbocycles. The lowest BCUT2D eigenvalue weighted by molar-refractivity contribution is 0.0700. The Hall–Kier alpha value is -0.930. The number of benzene rings is 1. The van der Waals surface area contributed by atoms with E-state index in [-0.39, 0.29) is 17.0 Å². The van der Waals surface area contributed by atoms with E-state index in [1.54, 1.807) is 17.0 Å². The predicted molar refractivity (Wildman–Crippen MR) is 77.3 cm³/mol. The zero-order valence-corrected chi connectivity index (χ0v) is 12.3. The summed E-state index contributed by atoms with van der Waals surface area (Å²) in [5.74, 6) is -0.133. The molecule has 5 heteroatoms. The normalized spacial score (nSPS) is 12.3. The van der Waals surface area contributed by atoms with Gasteiger partial charge in [0, 0.05) is 18.3 Å². The summed E-state index contributed by atoms with van der Waals surface area (Å²) < 4.78 is 0. The number of nitrogen functional groups attached to an aromatic ring is 1. The Morgan fingerprint density at radius 1 is 1.39 bits per heavy atom. The van der Waals surface area contributed by atoms with E-state index in [1.807, 2.05) is 20.8 Å². The van der Waals surface area contributed by atoms with Crippen LogP contribution in [0.15, 0.2) is 12.1 Å². The standard InChI is InChI=1S/C13H18Cl2N2O/c1-4-8(3)17(5-2)13(18)10-6-9(16)7-11(14)12(10)15/h6-8H,4-5,16H2,1-3H3. The lowest BCUT2D eigenvalue weighted by Gasteiger charge is -2.27. The van der Waals surface area contributed by atoms with Crippen molar-refractivity contribution >= 4 is 34.8 Å². The summed E-state index contributed by atoms with van der Waals surface area (Å²) in [6.07, 6.45) is 0.882. The number of nitrogens with zero attached hydrogens (tertiary/aromatic N) is 1. The number of carbonyl (C=O) groups excluding carboxylic acids is 1. The van der Waals surface area contributed by atoms with E-state index < -0.39 is 0 Å². The molecular weight excluding hydrogens is 271 g/mol. The van der Waals surface area contributed by atoms with E-state index in [9.17, 15) is 4.79 Å². The number of hydrogen-bond acceptors (Lipinski definition) is 2. The first-order valence-corrected chi connectivity index (χ1v) is 6.73.